The molecule has 410 valence electrons. The van der Waals surface area contributed by atoms with Gasteiger partial charge in [-0.25, -0.2) is 0 Å². The average Bonchev–Trinajstić information content (AvgIpc) is 3.36. The highest BCUT2D eigenvalue weighted by molar-refractivity contribution is 5.76. The lowest BCUT2D eigenvalue weighted by atomic mass is 10.0. The number of amides is 1. The molecule has 0 saturated carbocycles. The maximum atomic E-state index is 12.5. The minimum Gasteiger partial charge on any atom is -0.466 e. The maximum Gasteiger partial charge on any atom is 0.305 e. The Morgan fingerprint density at radius 2 is 0.714 bits per heavy atom. The number of nitrogens with one attached hydrogen (secondary N) is 1. The van der Waals surface area contributed by atoms with Gasteiger partial charge in [0.25, 0.3) is 0 Å². The van der Waals surface area contributed by atoms with E-state index in [1.807, 2.05) is 6.08 Å². The van der Waals surface area contributed by atoms with E-state index in [2.05, 4.69) is 55.6 Å². The van der Waals surface area contributed by atoms with Crippen molar-refractivity contribution in [2.45, 2.75) is 334 Å². The van der Waals surface area contributed by atoms with Crippen molar-refractivity contribution in [3.63, 3.8) is 0 Å². The fourth-order valence-corrected chi connectivity index (χ4v) is 9.31. The number of allylic oxidation sites excluding steroid dienone is 7. The molecule has 0 spiro atoms. The Hall–Kier alpha value is -2.18. The third kappa shape index (κ3) is 55.1. The quantitative estimate of drug-likeness (QED) is 0.0321. The number of esters is 1. The second-order valence-corrected chi connectivity index (χ2v) is 21.0. The van der Waals surface area contributed by atoms with Crippen LogP contribution in [0.3, 0.4) is 0 Å². The van der Waals surface area contributed by atoms with Gasteiger partial charge < -0.3 is 20.3 Å². The van der Waals surface area contributed by atoms with E-state index < -0.39 is 12.1 Å². The summed E-state index contributed by atoms with van der Waals surface area (Å²) < 4.78 is 5.49. The zero-order chi connectivity index (χ0) is 50.7. The second-order valence-electron chi connectivity index (χ2n) is 21.0. The SMILES string of the molecule is CCCCC/C=C\C/C=C\CCCCCCCCCCCC(=O)OCCCCCCCCCC/C=C\CCCCCCCCCC(=O)NC(CO)C(O)/C=C/CCCCCCCCCCCCCCC. The Labute approximate surface area is 436 Å². The monoisotopic (exact) mass is 982 g/mol. The van der Waals surface area contributed by atoms with Crippen LogP contribution in [0.5, 0.6) is 0 Å². The Bertz CT molecular complexity index is 1180. The predicted molar refractivity (Wildman–Crippen MR) is 306 cm³/mol. The first kappa shape index (κ1) is 67.8. The summed E-state index contributed by atoms with van der Waals surface area (Å²) in [5.74, 6) is -0.0781. The van der Waals surface area contributed by atoms with Crippen LogP contribution in [0.2, 0.25) is 0 Å². The zero-order valence-corrected chi connectivity index (χ0v) is 46.7. The number of carbonyl (C=O) groups excluding carboxylic acids is 2. The van der Waals surface area contributed by atoms with Crippen LogP contribution in [0.15, 0.2) is 48.6 Å². The first-order chi connectivity index (χ1) is 34.5. The molecule has 0 saturated heterocycles. The van der Waals surface area contributed by atoms with Gasteiger partial charge >= 0.3 is 5.97 Å². The predicted octanol–water partition coefficient (Wildman–Crippen LogP) is 19.4. The minimum atomic E-state index is -0.851. The van der Waals surface area contributed by atoms with Gasteiger partial charge in [0, 0.05) is 12.8 Å². The summed E-state index contributed by atoms with van der Waals surface area (Å²) in [5, 5.41) is 23.1. The van der Waals surface area contributed by atoms with Crippen LogP contribution in [0, 0.1) is 0 Å². The molecule has 0 fully saturated rings. The van der Waals surface area contributed by atoms with Crippen molar-refractivity contribution >= 4 is 11.9 Å². The van der Waals surface area contributed by atoms with Gasteiger partial charge in [-0.3, -0.25) is 9.59 Å². The van der Waals surface area contributed by atoms with Crippen LogP contribution < -0.4 is 5.32 Å². The fraction of sp³-hybridized carbons (Fsp3) is 0.844. The van der Waals surface area contributed by atoms with Crippen molar-refractivity contribution in [1.29, 1.82) is 0 Å². The molecule has 0 heterocycles. The first-order valence-electron chi connectivity index (χ1n) is 30.9. The third-order valence-electron chi connectivity index (χ3n) is 14.1. The van der Waals surface area contributed by atoms with E-state index in [9.17, 15) is 19.8 Å². The molecule has 0 aliphatic heterocycles. The number of carbonyl (C=O) groups is 2. The molecule has 6 heteroatoms. The standard InChI is InChI=1S/C64H119NO5/c1-3-5-7-9-11-13-15-17-19-20-22-26-30-34-38-42-46-50-54-58-64(69)70-59-55-51-47-43-39-35-31-27-24-21-23-25-29-33-37-41-45-49-53-57-63(68)65-61(60-66)62(67)56-52-48-44-40-36-32-28-18-16-14-12-10-8-6-4-2/h11,13,17,19,21,23,52,56,61-62,66-67H,3-10,12,14-16,18,20,22,24-51,53-55,57-60H2,1-2H3,(H,65,68)/b13-11-,19-17-,23-21-,56-52+. The Morgan fingerprint density at radius 1 is 0.400 bits per heavy atom. The number of hydrogen-bond acceptors (Lipinski definition) is 5. The third-order valence-corrected chi connectivity index (χ3v) is 14.1. The fourth-order valence-electron chi connectivity index (χ4n) is 9.31. The van der Waals surface area contributed by atoms with Crippen molar-refractivity contribution in [1.82, 2.24) is 5.32 Å². The molecule has 2 unspecified atom stereocenters. The van der Waals surface area contributed by atoms with E-state index in [0.29, 0.717) is 19.4 Å². The summed E-state index contributed by atoms with van der Waals surface area (Å²) in [6.45, 7) is 4.87. The van der Waals surface area contributed by atoms with Gasteiger partial charge in [-0.1, -0.05) is 268 Å². The number of unbranched alkanes of at least 4 members (excludes halogenated alkanes) is 40. The van der Waals surface area contributed by atoms with E-state index in [-0.39, 0.29) is 18.5 Å². The highest BCUT2D eigenvalue weighted by atomic mass is 16.5. The molecule has 0 radical (unpaired) electrons. The minimum absolute atomic E-state index is 0.000839. The lowest BCUT2D eigenvalue weighted by Crippen LogP contribution is -2.45. The van der Waals surface area contributed by atoms with Gasteiger partial charge in [0.05, 0.1) is 25.4 Å². The Kier molecular flexibility index (Phi) is 57.5. The summed E-state index contributed by atoms with van der Waals surface area (Å²) in [6, 6.07) is -0.636. The van der Waals surface area contributed by atoms with Crippen molar-refractivity contribution < 1.29 is 24.5 Å². The van der Waals surface area contributed by atoms with E-state index in [1.54, 1.807) is 6.08 Å². The number of aliphatic hydroxyl groups is 2. The maximum absolute atomic E-state index is 12.5. The Balaban J connectivity index is 3.45. The zero-order valence-electron chi connectivity index (χ0n) is 46.7. The normalized spacial score (nSPS) is 12.9. The van der Waals surface area contributed by atoms with Crippen molar-refractivity contribution in [2.24, 2.45) is 0 Å². The molecule has 0 aromatic rings. The van der Waals surface area contributed by atoms with Crippen LogP contribution in [0.25, 0.3) is 0 Å². The van der Waals surface area contributed by atoms with Gasteiger partial charge in [0.1, 0.15) is 0 Å². The van der Waals surface area contributed by atoms with E-state index in [1.165, 1.54) is 238 Å². The summed E-state index contributed by atoms with van der Waals surface area (Å²) in [5.41, 5.74) is 0. The van der Waals surface area contributed by atoms with Gasteiger partial charge in [-0.15, -0.1) is 0 Å². The molecule has 0 aliphatic rings. The van der Waals surface area contributed by atoms with Crippen LogP contribution in [-0.2, 0) is 14.3 Å². The molecule has 2 atom stereocenters. The smallest absolute Gasteiger partial charge is 0.305 e. The summed E-state index contributed by atoms with van der Waals surface area (Å²) in [6.07, 6.45) is 75.7. The average molecular weight is 983 g/mol. The molecule has 0 bridgehead atoms. The van der Waals surface area contributed by atoms with E-state index >= 15 is 0 Å². The van der Waals surface area contributed by atoms with Crippen LogP contribution >= 0.6 is 0 Å². The van der Waals surface area contributed by atoms with Crippen molar-refractivity contribution in [2.75, 3.05) is 13.2 Å². The Morgan fingerprint density at radius 3 is 1.13 bits per heavy atom. The first-order valence-corrected chi connectivity index (χ1v) is 30.9. The lowest BCUT2D eigenvalue weighted by Gasteiger charge is -2.20. The molecule has 0 aromatic carbocycles. The van der Waals surface area contributed by atoms with E-state index in [4.69, 9.17) is 4.74 Å². The van der Waals surface area contributed by atoms with E-state index in [0.717, 1.165) is 57.8 Å². The lowest BCUT2D eigenvalue weighted by molar-refractivity contribution is -0.143. The van der Waals surface area contributed by atoms with Gasteiger partial charge in [0.15, 0.2) is 0 Å². The number of ether oxygens (including phenoxy) is 1. The number of rotatable bonds is 57. The van der Waals surface area contributed by atoms with Gasteiger partial charge in [-0.05, 0) is 89.9 Å². The van der Waals surface area contributed by atoms with Crippen LogP contribution in [0.1, 0.15) is 322 Å². The number of hydrogen-bond donors (Lipinski definition) is 3. The van der Waals surface area contributed by atoms with Crippen LogP contribution in [0.4, 0.5) is 0 Å². The molecule has 0 aromatic heterocycles. The highest BCUT2D eigenvalue weighted by Crippen LogP contribution is 2.16. The molecular weight excluding hydrogens is 863 g/mol. The molecule has 3 N–H and O–H groups in total. The number of aliphatic hydroxyl groups excluding tert-OH is 2. The molecular formula is C64H119NO5. The molecule has 0 rings (SSSR count). The molecule has 0 aliphatic carbocycles. The topological polar surface area (TPSA) is 95.9 Å². The van der Waals surface area contributed by atoms with Gasteiger partial charge in [-0.2, -0.15) is 0 Å². The second kappa shape index (κ2) is 59.4. The molecule has 6 nitrogen and oxygen atoms in total. The van der Waals surface area contributed by atoms with Gasteiger partial charge in [0.2, 0.25) is 5.91 Å². The van der Waals surface area contributed by atoms with Crippen molar-refractivity contribution in [3.05, 3.63) is 48.6 Å². The highest BCUT2D eigenvalue weighted by Gasteiger charge is 2.18. The summed E-state index contributed by atoms with van der Waals surface area (Å²) in [7, 11) is 0. The molecule has 70 heavy (non-hydrogen) atoms. The molecule has 1 amide bonds. The van der Waals surface area contributed by atoms with Crippen molar-refractivity contribution in [3.8, 4) is 0 Å². The van der Waals surface area contributed by atoms with Crippen LogP contribution in [-0.4, -0.2) is 47.4 Å². The largest absolute Gasteiger partial charge is 0.466 e. The summed E-state index contributed by atoms with van der Waals surface area (Å²) >= 11 is 0. The summed E-state index contributed by atoms with van der Waals surface area (Å²) in [4.78, 5) is 24.6.